The molecule has 1 saturated heterocycles. The van der Waals surface area contributed by atoms with Crippen LogP contribution >= 0.6 is 0 Å². The van der Waals surface area contributed by atoms with Crippen molar-refractivity contribution in [3.63, 3.8) is 0 Å². The van der Waals surface area contributed by atoms with Crippen LogP contribution in [0.15, 0.2) is 72.0 Å². The van der Waals surface area contributed by atoms with Crippen molar-refractivity contribution < 1.29 is 14.3 Å². The normalized spacial score (nSPS) is 21.8. The molecule has 6 heteroatoms. The summed E-state index contributed by atoms with van der Waals surface area (Å²) in [6, 6.07) is 15.9. The molecule has 2 unspecified atom stereocenters. The second kappa shape index (κ2) is 9.86. The number of allylic oxidation sites excluding steroid dienone is 4. The van der Waals surface area contributed by atoms with Gasteiger partial charge in [-0.25, -0.2) is 4.98 Å². The van der Waals surface area contributed by atoms with Gasteiger partial charge in [-0.1, -0.05) is 48.9 Å². The minimum absolute atomic E-state index is 0.0103. The molecule has 2 atom stereocenters. The van der Waals surface area contributed by atoms with E-state index in [-0.39, 0.29) is 17.9 Å². The topological polar surface area (TPSA) is 64.6 Å². The summed E-state index contributed by atoms with van der Waals surface area (Å²) in [7, 11) is 0. The molecular weight excluding hydrogens is 450 g/mol. The van der Waals surface area contributed by atoms with Crippen molar-refractivity contribution >= 4 is 16.8 Å². The van der Waals surface area contributed by atoms with Crippen LogP contribution in [0, 0.1) is 5.92 Å². The SMILES string of the molecule is CCC1=CC=C2C(CC1)Cc1ccccc1C(=O)N2Cc1nc(OC2CCOC2)c2ccccc2n1. The molecule has 184 valence electrons. The first-order valence-electron chi connectivity index (χ1n) is 13.0. The summed E-state index contributed by atoms with van der Waals surface area (Å²) in [6.07, 6.45) is 9.17. The maximum Gasteiger partial charge on any atom is 0.258 e. The number of nitrogens with zero attached hydrogens (tertiary/aromatic N) is 3. The average molecular weight is 482 g/mol. The molecule has 1 amide bonds. The largest absolute Gasteiger partial charge is 0.471 e. The molecular formula is C30H31N3O3. The first-order valence-corrected chi connectivity index (χ1v) is 13.0. The van der Waals surface area contributed by atoms with Crippen molar-refractivity contribution in [2.45, 2.75) is 51.7 Å². The summed E-state index contributed by atoms with van der Waals surface area (Å²) in [5.41, 5.74) is 5.19. The van der Waals surface area contributed by atoms with Crippen LogP contribution in [0.3, 0.4) is 0 Å². The molecule has 1 aliphatic carbocycles. The van der Waals surface area contributed by atoms with E-state index in [1.165, 1.54) is 5.57 Å². The van der Waals surface area contributed by atoms with Gasteiger partial charge in [0.15, 0.2) is 5.82 Å². The maximum absolute atomic E-state index is 13.9. The minimum Gasteiger partial charge on any atom is -0.471 e. The van der Waals surface area contributed by atoms with E-state index in [2.05, 4.69) is 25.1 Å². The quantitative estimate of drug-likeness (QED) is 0.473. The van der Waals surface area contributed by atoms with Gasteiger partial charge >= 0.3 is 0 Å². The van der Waals surface area contributed by atoms with E-state index in [9.17, 15) is 4.79 Å². The number of carbonyl (C=O) groups excluding carboxylic acids is 1. The summed E-state index contributed by atoms with van der Waals surface area (Å²) in [5.74, 6) is 1.42. The van der Waals surface area contributed by atoms with Crippen LogP contribution in [0.1, 0.15) is 54.4 Å². The maximum atomic E-state index is 13.9. The van der Waals surface area contributed by atoms with Gasteiger partial charge in [-0.05, 0) is 55.5 Å². The molecule has 36 heavy (non-hydrogen) atoms. The van der Waals surface area contributed by atoms with Gasteiger partial charge in [0.05, 0.1) is 30.7 Å². The molecule has 0 saturated carbocycles. The van der Waals surface area contributed by atoms with Crippen LogP contribution in [-0.2, 0) is 17.7 Å². The van der Waals surface area contributed by atoms with E-state index in [1.54, 1.807) is 0 Å². The lowest BCUT2D eigenvalue weighted by atomic mass is 9.91. The predicted octanol–water partition coefficient (Wildman–Crippen LogP) is 5.63. The number of hydrogen-bond donors (Lipinski definition) is 0. The van der Waals surface area contributed by atoms with Crippen LogP contribution in [0.2, 0.25) is 0 Å². The summed E-state index contributed by atoms with van der Waals surface area (Å²) < 4.78 is 11.8. The van der Waals surface area contributed by atoms with Crippen molar-refractivity contribution in [3.05, 3.63) is 88.9 Å². The Morgan fingerprint density at radius 2 is 1.92 bits per heavy atom. The van der Waals surface area contributed by atoms with Crippen molar-refractivity contribution in [2.75, 3.05) is 13.2 Å². The van der Waals surface area contributed by atoms with E-state index >= 15 is 0 Å². The standard InChI is InChI=1S/C30H31N3O3/c1-2-20-11-13-22-17-21-7-3-4-8-24(21)30(34)33(27(22)14-12-20)18-28-31-26-10-6-5-9-25(26)29(32-28)36-23-15-16-35-19-23/h3-10,12,14,22-23H,2,11,13,15-19H2,1H3. The zero-order valence-electron chi connectivity index (χ0n) is 20.7. The Kier molecular flexibility index (Phi) is 6.28. The van der Waals surface area contributed by atoms with Gasteiger partial charge in [-0.2, -0.15) is 4.98 Å². The minimum atomic E-state index is -0.0191. The Hall–Kier alpha value is -3.51. The van der Waals surface area contributed by atoms with Crippen molar-refractivity contribution in [1.82, 2.24) is 14.9 Å². The van der Waals surface area contributed by atoms with E-state index < -0.39 is 0 Å². The molecule has 6 rings (SSSR count). The summed E-state index contributed by atoms with van der Waals surface area (Å²) >= 11 is 0. The lowest BCUT2D eigenvalue weighted by Crippen LogP contribution is -2.32. The van der Waals surface area contributed by atoms with Gasteiger partial charge in [0.25, 0.3) is 5.91 Å². The van der Waals surface area contributed by atoms with Crippen molar-refractivity contribution in [1.29, 1.82) is 0 Å². The molecule has 0 N–H and O–H groups in total. The van der Waals surface area contributed by atoms with Gasteiger partial charge in [-0.15, -0.1) is 0 Å². The summed E-state index contributed by atoms with van der Waals surface area (Å²) in [4.78, 5) is 25.6. The third kappa shape index (κ3) is 4.42. The second-order valence-electron chi connectivity index (χ2n) is 9.82. The van der Waals surface area contributed by atoms with Crippen LogP contribution in [-0.4, -0.2) is 40.1 Å². The lowest BCUT2D eigenvalue weighted by Gasteiger charge is -2.27. The summed E-state index contributed by atoms with van der Waals surface area (Å²) in [6.45, 7) is 3.76. The monoisotopic (exact) mass is 481 g/mol. The number of rotatable bonds is 5. The molecule has 2 aliphatic heterocycles. The molecule has 3 aromatic rings. The molecule has 6 nitrogen and oxygen atoms in total. The first-order chi connectivity index (χ1) is 17.7. The second-order valence-corrected chi connectivity index (χ2v) is 9.82. The van der Waals surface area contributed by atoms with E-state index in [4.69, 9.17) is 19.4 Å². The molecule has 0 spiro atoms. The number of benzene rings is 2. The number of amides is 1. The number of fused-ring (bicyclic) bond motifs is 3. The zero-order valence-corrected chi connectivity index (χ0v) is 20.7. The molecule has 3 aliphatic rings. The zero-order chi connectivity index (χ0) is 24.5. The van der Waals surface area contributed by atoms with Crippen LogP contribution in [0.25, 0.3) is 10.9 Å². The third-order valence-corrected chi connectivity index (χ3v) is 7.53. The fourth-order valence-corrected chi connectivity index (χ4v) is 5.50. The highest BCUT2D eigenvalue weighted by Crippen LogP contribution is 2.36. The highest BCUT2D eigenvalue weighted by molar-refractivity contribution is 5.97. The van der Waals surface area contributed by atoms with Crippen LogP contribution in [0.4, 0.5) is 0 Å². The van der Waals surface area contributed by atoms with Crippen LogP contribution in [0.5, 0.6) is 5.88 Å². The Balaban J connectivity index is 1.42. The summed E-state index contributed by atoms with van der Waals surface area (Å²) in [5, 5.41) is 0.878. The average Bonchev–Trinajstić information content (AvgIpc) is 3.29. The smallest absolute Gasteiger partial charge is 0.258 e. The Morgan fingerprint density at radius 1 is 1.06 bits per heavy atom. The Labute approximate surface area is 211 Å². The number of carbonyl (C=O) groups is 1. The molecule has 1 fully saturated rings. The lowest BCUT2D eigenvalue weighted by molar-refractivity contribution is 0.0781. The Morgan fingerprint density at radius 3 is 2.78 bits per heavy atom. The number of hydrogen-bond acceptors (Lipinski definition) is 5. The molecule has 1 aromatic heterocycles. The van der Waals surface area contributed by atoms with Gasteiger partial charge < -0.3 is 14.4 Å². The fourth-order valence-electron chi connectivity index (χ4n) is 5.50. The molecule has 3 heterocycles. The number of aromatic nitrogens is 2. The predicted molar refractivity (Wildman–Crippen MR) is 139 cm³/mol. The molecule has 2 aromatic carbocycles. The van der Waals surface area contributed by atoms with E-state index in [0.717, 1.165) is 59.8 Å². The van der Waals surface area contributed by atoms with E-state index in [0.29, 0.717) is 31.5 Å². The van der Waals surface area contributed by atoms with Gasteiger partial charge in [0.1, 0.15) is 6.10 Å². The number of ether oxygens (including phenoxy) is 2. The van der Waals surface area contributed by atoms with Crippen LogP contribution < -0.4 is 4.74 Å². The van der Waals surface area contributed by atoms with Crippen molar-refractivity contribution in [3.8, 4) is 5.88 Å². The Bertz CT molecular complexity index is 1360. The van der Waals surface area contributed by atoms with Gasteiger partial charge in [0.2, 0.25) is 5.88 Å². The highest BCUT2D eigenvalue weighted by atomic mass is 16.5. The first kappa shape index (κ1) is 22.9. The number of para-hydroxylation sites is 1. The fraction of sp³-hybridized carbons (Fsp3) is 0.367. The van der Waals surface area contributed by atoms with E-state index in [1.807, 2.05) is 47.4 Å². The highest BCUT2D eigenvalue weighted by Gasteiger charge is 2.33. The van der Waals surface area contributed by atoms with Gasteiger partial charge in [0, 0.05) is 23.6 Å². The molecule has 0 bridgehead atoms. The molecule has 0 radical (unpaired) electrons. The third-order valence-electron chi connectivity index (χ3n) is 7.53. The van der Waals surface area contributed by atoms with Gasteiger partial charge in [-0.3, -0.25) is 4.79 Å². The van der Waals surface area contributed by atoms with Crippen molar-refractivity contribution in [2.24, 2.45) is 5.92 Å².